The van der Waals surface area contributed by atoms with Gasteiger partial charge in [0.15, 0.2) is 0 Å². The van der Waals surface area contributed by atoms with Gasteiger partial charge in [-0.1, -0.05) is 13.0 Å². The van der Waals surface area contributed by atoms with E-state index in [0.29, 0.717) is 12.1 Å². The van der Waals surface area contributed by atoms with Crippen LogP contribution in [0.1, 0.15) is 38.2 Å². The fourth-order valence-corrected chi connectivity index (χ4v) is 4.04. The molecule has 1 aliphatic heterocycles. The zero-order valence-electron chi connectivity index (χ0n) is 12.8. The minimum atomic E-state index is -3.31. The van der Waals surface area contributed by atoms with E-state index >= 15 is 0 Å². The van der Waals surface area contributed by atoms with Crippen molar-refractivity contribution in [3.8, 4) is 0 Å². The van der Waals surface area contributed by atoms with Gasteiger partial charge in [-0.15, -0.1) is 0 Å². The van der Waals surface area contributed by atoms with Gasteiger partial charge in [-0.05, 0) is 49.8 Å². The highest BCUT2D eigenvalue weighted by Gasteiger charge is 2.35. The Hall–Kier alpha value is -1.56. The van der Waals surface area contributed by atoms with Crippen LogP contribution in [0.15, 0.2) is 18.2 Å². The number of nitrogens with zero attached hydrogens (tertiary/aromatic N) is 1. The maximum Gasteiger partial charge on any atom is 0.232 e. The van der Waals surface area contributed by atoms with Crippen molar-refractivity contribution < 1.29 is 13.2 Å². The number of carbonyl (C=O) groups excluding carboxylic acids is 1. The lowest BCUT2D eigenvalue weighted by molar-refractivity contribution is -0.119. The summed E-state index contributed by atoms with van der Waals surface area (Å²) in [5.41, 5.74) is 2.54. The lowest BCUT2D eigenvalue weighted by atomic mass is 10.0. The molecule has 22 heavy (non-hydrogen) atoms. The molecule has 0 saturated heterocycles. The summed E-state index contributed by atoms with van der Waals surface area (Å²) in [5.74, 6) is 0.468. The van der Waals surface area contributed by atoms with Gasteiger partial charge in [0.1, 0.15) is 0 Å². The number of amides is 1. The summed E-state index contributed by atoms with van der Waals surface area (Å²) in [4.78, 5) is 14.3. The van der Waals surface area contributed by atoms with Crippen molar-refractivity contribution in [1.29, 1.82) is 0 Å². The highest BCUT2D eigenvalue weighted by Crippen LogP contribution is 2.37. The lowest BCUT2D eigenvalue weighted by Crippen LogP contribution is -2.36. The van der Waals surface area contributed by atoms with E-state index in [1.165, 1.54) is 0 Å². The third-order valence-electron chi connectivity index (χ3n) is 4.14. The molecule has 1 heterocycles. The summed E-state index contributed by atoms with van der Waals surface area (Å²) in [6.07, 6.45) is 4.44. The number of fused-ring (bicyclic) bond motifs is 1. The summed E-state index contributed by atoms with van der Waals surface area (Å²) in [7, 11) is -3.31. The van der Waals surface area contributed by atoms with E-state index in [1.807, 2.05) is 24.0 Å². The van der Waals surface area contributed by atoms with Crippen molar-refractivity contribution in [3.05, 3.63) is 23.8 Å². The van der Waals surface area contributed by atoms with Crippen LogP contribution in [0.25, 0.3) is 0 Å². The van der Waals surface area contributed by atoms with E-state index in [-0.39, 0.29) is 17.6 Å². The number of hydrogen-bond donors (Lipinski definition) is 1. The maximum absolute atomic E-state index is 12.4. The van der Waals surface area contributed by atoms with Gasteiger partial charge in [-0.25, -0.2) is 8.42 Å². The molecule has 1 aliphatic carbocycles. The van der Waals surface area contributed by atoms with Crippen LogP contribution in [0.3, 0.4) is 0 Å². The third kappa shape index (κ3) is 3.27. The molecule has 0 aromatic heterocycles. The van der Waals surface area contributed by atoms with Crippen molar-refractivity contribution in [2.45, 2.75) is 39.0 Å². The zero-order chi connectivity index (χ0) is 15.7. The molecule has 1 amide bonds. The number of benzene rings is 1. The summed E-state index contributed by atoms with van der Waals surface area (Å²) in [6, 6.07) is 5.53. The number of sulfonamides is 1. The Morgan fingerprint density at radius 2 is 2.14 bits per heavy atom. The summed E-state index contributed by atoms with van der Waals surface area (Å²) >= 11 is 0. The number of rotatable bonds is 5. The smallest absolute Gasteiger partial charge is 0.232 e. The van der Waals surface area contributed by atoms with Gasteiger partial charge in [0.2, 0.25) is 15.9 Å². The highest BCUT2D eigenvalue weighted by atomic mass is 32.2. The molecule has 0 unspecified atom stereocenters. The largest absolute Gasteiger partial charge is 0.312 e. The Labute approximate surface area is 131 Å². The number of nitrogens with one attached hydrogen (secondary N) is 1. The van der Waals surface area contributed by atoms with Crippen molar-refractivity contribution in [2.75, 3.05) is 21.9 Å². The van der Waals surface area contributed by atoms with Gasteiger partial charge in [-0.2, -0.15) is 0 Å². The maximum atomic E-state index is 12.4. The topological polar surface area (TPSA) is 66.5 Å². The Balaban J connectivity index is 1.87. The van der Waals surface area contributed by atoms with Crippen molar-refractivity contribution in [1.82, 2.24) is 0 Å². The summed E-state index contributed by atoms with van der Waals surface area (Å²) < 4.78 is 26.4. The average Bonchev–Trinajstić information content (AvgIpc) is 3.30. The van der Waals surface area contributed by atoms with Gasteiger partial charge in [-0.3, -0.25) is 9.52 Å². The molecular formula is C16H22N2O3S. The molecule has 0 bridgehead atoms. The van der Waals surface area contributed by atoms with Crippen LogP contribution < -0.4 is 9.62 Å². The normalized spacial score (nSPS) is 18.0. The van der Waals surface area contributed by atoms with Crippen LogP contribution in [-0.2, 0) is 21.2 Å². The first-order valence-electron chi connectivity index (χ1n) is 7.95. The average molecular weight is 322 g/mol. The Kier molecular flexibility index (Phi) is 4.12. The predicted octanol–water partition coefficient (Wildman–Crippen LogP) is 2.53. The van der Waals surface area contributed by atoms with E-state index in [9.17, 15) is 13.2 Å². The van der Waals surface area contributed by atoms with E-state index in [4.69, 9.17) is 0 Å². The van der Waals surface area contributed by atoms with Crippen LogP contribution >= 0.6 is 0 Å². The molecule has 1 aromatic rings. The predicted molar refractivity (Wildman–Crippen MR) is 87.5 cm³/mol. The van der Waals surface area contributed by atoms with E-state index in [1.54, 1.807) is 6.07 Å². The fraction of sp³-hybridized carbons (Fsp3) is 0.562. The second-order valence-electron chi connectivity index (χ2n) is 6.13. The standard InChI is InChI=1S/C16H22N2O3S/c1-2-10-22(20,21)17-14-8-7-12-4-3-9-18(15(12)11-14)16(19)13-5-6-13/h7-8,11,13,17H,2-6,9-10H2,1H3. The molecule has 2 aliphatic rings. The Morgan fingerprint density at radius 3 is 2.82 bits per heavy atom. The van der Waals surface area contributed by atoms with E-state index < -0.39 is 10.0 Å². The third-order valence-corrected chi connectivity index (χ3v) is 5.64. The van der Waals surface area contributed by atoms with E-state index in [2.05, 4.69) is 4.72 Å². The SMILES string of the molecule is CCCS(=O)(=O)Nc1ccc2c(c1)N(C(=O)C1CC1)CCC2. The first-order valence-corrected chi connectivity index (χ1v) is 9.60. The first-order chi connectivity index (χ1) is 10.5. The molecule has 5 nitrogen and oxygen atoms in total. The number of aryl methyl sites for hydroxylation is 1. The van der Waals surface area contributed by atoms with E-state index in [0.717, 1.165) is 43.5 Å². The molecule has 0 radical (unpaired) electrons. The summed E-state index contributed by atoms with van der Waals surface area (Å²) in [5, 5.41) is 0. The second kappa shape index (κ2) is 5.91. The van der Waals surface area contributed by atoms with Gasteiger partial charge < -0.3 is 4.90 Å². The Bertz CT molecular complexity index is 681. The van der Waals surface area contributed by atoms with Crippen LogP contribution in [0, 0.1) is 5.92 Å². The van der Waals surface area contributed by atoms with Gasteiger partial charge in [0, 0.05) is 18.2 Å². The Morgan fingerprint density at radius 1 is 1.36 bits per heavy atom. The molecule has 3 rings (SSSR count). The molecule has 1 N–H and O–H groups in total. The van der Waals surface area contributed by atoms with Crippen LogP contribution in [0.2, 0.25) is 0 Å². The van der Waals surface area contributed by atoms with Crippen LogP contribution in [-0.4, -0.2) is 26.6 Å². The molecule has 1 fully saturated rings. The van der Waals surface area contributed by atoms with Crippen LogP contribution in [0.5, 0.6) is 0 Å². The van der Waals surface area contributed by atoms with Gasteiger partial charge in [0.05, 0.1) is 11.4 Å². The second-order valence-corrected chi connectivity index (χ2v) is 7.97. The zero-order valence-corrected chi connectivity index (χ0v) is 13.7. The van der Waals surface area contributed by atoms with Crippen LogP contribution in [0.4, 0.5) is 11.4 Å². The highest BCUT2D eigenvalue weighted by molar-refractivity contribution is 7.92. The van der Waals surface area contributed by atoms with Gasteiger partial charge >= 0.3 is 0 Å². The lowest BCUT2D eigenvalue weighted by Gasteiger charge is -2.30. The van der Waals surface area contributed by atoms with Gasteiger partial charge in [0.25, 0.3) is 0 Å². The summed E-state index contributed by atoms with van der Waals surface area (Å²) in [6.45, 7) is 2.57. The molecule has 6 heteroatoms. The number of anilines is 2. The first kappa shape index (κ1) is 15.3. The van der Waals surface area contributed by atoms with Crippen molar-refractivity contribution in [2.24, 2.45) is 5.92 Å². The quantitative estimate of drug-likeness (QED) is 0.906. The molecule has 0 spiro atoms. The van der Waals surface area contributed by atoms with Crippen molar-refractivity contribution in [3.63, 3.8) is 0 Å². The molecule has 1 saturated carbocycles. The molecule has 120 valence electrons. The molecule has 0 atom stereocenters. The molecular weight excluding hydrogens is 300 g/mol. The molecule has 1 aromatic carbocycles. The fourth-order valence-electron chi connectivity index (χ4n) is 2.92. The minimum absolute atomic E-state index is 0.106. The van der Waals surface area contributed by atoms with Crippen molar-refractivity contribution >= 4 is 27.3 Å². The number of hydrogen-bond acceptors (Lipinski definition) is 3. The monoisotopic (exact) mass is 322 g/mol. The minimum Gasteiger partial charge on any atom is -0.312 e. The number of carbonyl (C=O) groups is 1.